The molecule has 0 spiro atoms. The number of anilines is 1. The molecule has 8 nitrogen and oxygen atoms in total. The van der Waals surface area contributed by atoms with Gasteiger partial charge in [-0.3, -0.25) is 9.20 Å². The van der Waals surface area contributed by atoms with E-state index in [1.165, 1.54) is 0 Å². The first kappa shape index (κ1) is 16.7. The molecule has 0 aliphatic heterocycles. The van der Waals surface area contributed by atoms with Crippen molar-refractivity contribution in [2.75, 3.05) is 5.73 Å². The molecule has 2 atom stereocenters. The van der Waals surface area contributed by atoms with E-state index in [0.29, 0.717) is 12.1 Å². The lowest BCUT2D eigenvalue weighted by atomic mass is 10.1. The van der Waals surface area contributed by atoms with Crippen LogP contribution in [0.5, 0.6) is 0 Å². The summed E-state index contributed by atoms with van der Waals surface area (Å²) in [6.07, 6.45) is 6.75. The highest BCUT2D eigenvalue weighted by Gasteiger charge is 2.30. The fourth-order valence-electron chi connectivity index (χ4n) is 4.11. The number of hydrogen-bond acceptors (Lipinski definition) is 5. The number of H-pyrrole nitrogens is 1. The van der Waals surface area contributed by atoms with Gasteiger partial charge in [0.05, 0.1) is 18.1 Å². The summed E-state index contributed by atoms with van der Waals surface area (Å²) < 4.78 is 2.07. The Morgan fingerprint density at radius 1 is 1.21 bits per heavy atom. The molecule has 3 heterocycles. The van der Waals surface area contributed by atoms with E-state index in [1.54, 1.807) is 6.20 Å². The van der Waals surface area contributed by atoms with Gasteiger partial charge in [0.15, 0.2) is 11.3 Å². The van der Waals surface area contributed by atoms with Gasteiger partial charge in [-0.25, -0.2) is 4.98 Å². The van der Waals surface area contributed by atoms with Crippen molar-refractivity contribution in [3.63, 3.8) is 0 Å². The van der Waals surface area contributed by atoms with Gasteiger partial charge in [0.1, 0.15) is 5.82 Å². The van der Waals surface area contributed by atoms with Crippen LogP contribution in [0.2, 0.25) is 0 Å². The van der Waals surface area contributed by atoms with Crippen LogP contribution < -0.4 is 11.1 Å². The topological polar surface area (TPSA) is 114 Å². The van der Waals surface area contributed by atoms with Crippen LogP contribution in [0, 0.1) is 0 Å². The number of nitrogens with two attached hydrogens (primary N) is 1. The molecule has 1 fully saturated rings. The highest BCUT2D eigenvalue weighted by atomic mass is 16.1. The third-order valence-corrected chi connectivity index (χ3v) is 5.47. The molecule has 0 unspecified atom stereocenters. The molecule has 1 saturated carbocycles. The molecule has 4 aromatic rings. The summed E-state index contributed by atoms with van der Waals surface area (Å²) in [6, 6.07) is 9.57. The number of aromatic amines is 1. The summed E-state index contributed by atoms with van der Waals surface area (Å²) in [5.41, 5.74) is 9.91. The highest BCUT2D eigenvalue weighted by molar-refractivity contribution is 5.79. The predicted octanol–water partition coefficient (Wildman–Crippen LogP) is 2.18. The molecule has 1 aliphatic carbocycles. The quantitative estimate of drug-likeness (QED) is 0.473. The van der Waals surface area contributed by atoms with Crippen molar-refractivity contribution in [1.82, 2.24) is 29.9 Å². The zero-order valence-electron chi connectivity index (χ0n) is 15.3. The number of benzene rings is 1. The van der Waals surface area contributed by atoms with Crippen molar-refractivity contribution in [3.05, 3.63) is 54.1 Å². The normalized spacial score (nSPS) is 19.4. The molecule has 142 valence electrons. The van der Waals surface area contributed by atoms with Crippen LogP contribution in [0.4, 0.5) is 5.69 Å². The molecule has 3 aromatic heterocycles. The Morgan fingerprint density at radius 3 is 2.93 bits per heavy atom. The van der Waals surface area contributed by atoms with Crippen molar-refractivity contribution in [2.45, 2.75) is 37.6 Å². The smallest absolute Gasteiger partial charge is 0.224 e. The van der Waals surface area contributed by atoms with E-state index in [9.17, 15) is 4.79 Å². The SMILES string of the molecule is Nc1ccc(CC(=O)N[C@H]2CC[C@@H](c3nnc4cnc5[nH]ccc5n34)C2)cc1. The van der Waals surface area contributed by atoms with E-state index in [4.69, 9.17) is 5.73 Å². The number of nitrogens with zero attached hydrogens (tertiary/aromatic N) is 4. The third kappa shape index (κ3) is 2.96. The number of rotatable bonds is 4. The van der Waals surface area contributed by atoms with Gasteiger partial charge in [-0.05, 0) is 43.0 Å². The number of nitrogens with one attached hydrogen (secondary N) is 2. The Hall–Kier alpha value is -3.42. The molecule has 0 bridgehead atoms. The van der Waals surface area contributed by atoms with Crippen LogP contribution in [0.15, 0.2) is 42.7 Å². The summed E-state index contributed by atoms with van der Waals surface area (Å²) in [5, 5.41) is 11.9. The number of fused-ring (bicyclic) bond motifs is 3. The number of hydrogen-bond donors (Lipinski definition) is 3. The van der Waals surface area contributed by atoms with Crippen LogP contribution >= 0.6 is 0 Å². The average Bonchev–Trinajstić information content (AvgIpc) is 3.41. The van der Waals surface area contributed by atoms with E-state index in [2.05, 4.69) is 29.9 Å². The minimum atomic E-state index is 0.0405. The second-order valence-electron chi connectivity index (χ2n) is 7.41. The lowest BCUT2D eigenvalue weighted by Gasteiger charge is -2.13. The maximum atomic E-state index is 12.4. The summed E-state index contributed by atoms with van der Waals surface area (Å²) in [5.74, 6) is 1.24. The molecule has 1 aliphatic rings. The van der Waals surface area contributed by atoms with Gasteiger partial charge in [0.2, 0.25) is 5.91 Å². The standard InChI is InChI=1S/C20H21N7O/c21-14-4-1-12(2-5-14)9-18(28)24-15-6-3-13(10-15)20-26-25-17-11-23-19-16(27(17)20)7-8-22-19/h1-2,4-5,7-8,11,13,15,22H,3,6,9-10,21H2,(H,24,28)/t13-,15+/m1/s1. The Bertz CT molecular complexity index is 1140. The third-order valence-electron chi connectivity index (χ3n) is 5.47. The molecule has 0 radical (unpaired) electrons. The zero-order valence-corrected chi connectivity index (χ0v) is 15.3. The first-order valence-corrected chi connectivity index (χ1v) is 9.48. The van der Waals surface area contributed by atoms with Crippen LogP contribution in [-0.2, 0) is 11.2 Å². The second kappa shape index (κ2) is 6.63. The minimum Gasteiger partial charge on any atom is -0.399 e. The second-order valence-corrected chi connectivity index (χ2v) is 7.41. The Balaban J connectivity index is 1.29. The molecule has 5 rings (SSSR count). The lowest BCUT2D eigenvalue weighted by molar-refractivity contribution is -0.121. The number of aromatic nitrogens is 5. The highest BCUT2D eigenvalue weighted by Crippen LogP contribution is 2.34. The molecular formula is C20H21N7O. The molecule has 1 aromatic carbocycles. The number of carbonyl (C=O) groups is 1. The largest absolute Gasteiger partial charge is 0.399 e. The predicted molar refractivity (Wildman–Crippen MR) is 106 cm³/mol. The molecular weight excluding hydrogens is 354 g/mol. The van der Waals surface area contributed by atoms with Crippen molar-refractivity contribution in [3.8, 4) is 0 Å². The maximum absolute atomic E-state index is 12.4. The maximum Gasteiger partial charge on any atom is 0.224 e. The van der Waals surface area contributed by atoms with Crippen molar-refractivity contribution < 1.29 is 4.79 Å². The number of carbonyl (C=O) groups excluding carboxylic acids is 1. The Labute approximate surface area is 161 Å². The van der Waals surface area contributed by atoms with Crippen LogP contribution in [0.25, 0.3) is 16.8 Å². The molecule has 8 heteroatoms. The lowest BCUT2D eigenvalue weighted by Crippen LogP contribution is -2.34. The van der Waals surface area contributed by atoms with Gasteiger partial charge < -0.3 is 16.0 Å². The van der Waals surface area contributed by atoms with Gasteiger partial charge in [-0.1, -0.05) is 12.1 Å². The van der Waals surface area contributed by atoms with E-state index >= 15 is 0 Å². The molecule has 4 N–H and O–H groups in total. The Kier molecular flexibility index (Phi) is 3.96. The Morgan fingerprint density at radius 2 is 2.07 bits per heavy atom. The van der Waals surface area contributed by atoms with Crippen LogP contribution in [0.3, 0.4) is 0 Å². The first-order valence-electron chi connectivity index (χ1n) is 9.48. The van der Waals surface area contributed by atoms with Crippen LogP contribution in [-0.4, -0.2) is 36.5 Å². The van der Waals surface area contributed by atoms with E-state index in [0.717, 1.165) is 47.5 Å². The van der Waals surface area contributed by atoms with Gasteiger partial charge in [0.25, 0.3) is 0 Å². The monoisotopic (exact) mass is 375 g/mol. The average molecular weight is 375 g/mol. The van der Waals surface area contributed by atoms with E-state index in [-0.39, 0.29) is 17.9 Å². The molecule has 28 heavy (non-hydrogen) atoms. The van der Waals surface area contributed by atoms with Crippen molar-refractivity contribution in [1.29, 1.82) is 0 Å². The van der Waals surface area contributed by atoms with Gasteiger partial charge in [-0.2, -0.15) is 0 Å². The summed E-state index contributed by atoms with van der Waals surface area (Å²) >= 11 is 0. The van der Waals surface area contributed by atoms with Gasteiger partial charge >= 0.3 is 0 Å². The van der Waals surface area contributed by atoms with Crippen molar-refractivity contribution >= 4 is 28.4 Å². The molecule has 1 amide bonds. The van der Waals surface area contributed by atoms with E-state index < -0.39 is 0 Å². The number of amides is 1. The molecule has 0 saturated heterocycles. The zero-order chi connectivity index (χ0) is 19.1. The fourth-order valence-corrected chi connectivity index (χ4v) is 4.11. The van der Waals surface area contributed by atoms with Gasteiger partial charge in [-0.15, -0.1) is 10.2 Å². The summed E-state index contributed by atoms with van der Waals surface area (Å²) in [4.78, 5) is 19.9. The van der Waals surface area contributed by atoms with Crippen molar-refractivity contribution in [2.24, 2.45) is 0 Å². The van der Waals surface area contributed by atoms with Crippen LogP contribution in [0.1, 0.15) is 36.6 Å². The summed E-state index contributed by atoms with van der Waals surface area (Å²) in [7, 11) is 0. The minimum absolute atomic E-state index is 0.0405. The van der Waals surface area contributed by atoms with E-state index in [1.807, 2.05) is 36.5 Å². The number of nitrogen functional groups attached to an aromatic ring is 1. The first-order chi connectivity index (χ1) is 13.7. The summed E-state index contributed by atoms with van der Waals surface area (Å²) in [6.45, 7) is 0. The fraction of sp³-hybridized carbons (Fsp3) is 0.300. The van der Waals surface area contributed by atoms with Gasteiger partial charge in [0, 0.05) is 23.8 Å².